The topological polar surface area (TPSA) is 54.5 Å². The van der Waals surface area contributed by atoms with Crippen LogP contribution in [0.15, 0.2) is 0 Å². The van der Waals surface area contributed by atoms with E-state index in [0.29, 0.717) is 12.8 Å². The average Bonchev–Trinajstić information content (AvgIpc) is 2.69. The van der Waals surface area contributed by atoms with Gasteiger partial charge in [0, 0.05) is 12.1 Å². The lowest BCUT2D eigenvalue weighted by molar-refractivity contribution is -0.165. The van der Waals surface area contributed by atoms with Crippen LogP contribution in [0.4, 0.5) is 13.2 Å². The van der Waals surface area contributed by atoms with Gasteiger partial charge in [0.2, 0.25) is 5.91 Å². The minimum Gasteiger partial charge on any atom is -0.335 e. The Hall–Kier alpha value is -0.790. The summed E-state index contributed by atoms with van der Waals surface area (Å²) < 4.78 is 60.7. The molecular formula is C13H20F3NO3S. The summed E-state index contributed by atoms with van der Waals surface area (Å²) in [5.41, 5.74) is 0. The third-order valence-corrected chi connectivity index (χ3v) is 5.96. The first-order valence-corrected chi connectivity index (χ1v) is 9.08. The number of carbonyl (C=O) groups excluding carboxylic acids is 1. The van der Waals surface area contributed by atoms with Crippen LogP contribution in [0.3, 0.4) is 0 Å². The molecule has 1 aliphatic carbocycles. The van der Waals surface area contributed by atoms with Crippen molar-refractivity contribution in [3.63, 3.8) is 0 Å². The first-order chi connectivity index (χ1) is 9.68. The van der Waals surface area contributed by atoms with Gasteiger partial charge in [0.1, 0.15) is 6.42 Å². The molecule has 2 rings (SSSR count). The average molecular weight is 327 g/mol. The quantitative estimate of drug-likeness (QED) is 0.799. The Labute approximate surface area is 122 Å². The fourth-order valence-electron chi connectivity index (χ4n) is 3.32. The summed E-state index contributed by atoms with van der Waals surface area (Å²) in [6.07, 6.45) is -1.70. The molecule has 0 unspecified atom stereocenters. The zero-order chi connectivity index (χ0) is 15.7. The molecule has 2 fully saturated rings. The normalized spacial score (nSPS) is 26.7. The lowest BCUT2D eigenvalue weighted by Crippen LogP contribution is -2.49. The molecule has 0 aromatic carbocycles. The zero-order valence-corrected chi connectivity index (χ0v) is 12.5. The molecule has 1 saturated carbocycles. The summed E-state index contributed by atoms with van der Waals surface area (Å²) in [6.45, 7) is 0. The van der Waals surface area contributed by atoms with Gasteiger partial charge in [-0.1, -0.05) is 19.3 Å². The second kappa shape index (κ2) is 6.14. The molecule has 1 heterocycles. The van der Waals surface area contributed by atoms with Crippen molar-refractivity contribution in [2.24, 2.45) is 0 Å². The molecule has 2 aliphatic rings. The van der Waals surface area contributed by atoms with E-state index in [0.717, 1.165) is 19.3 Å². The number of rotatable bonds is 3. The number of nitrogens with zero attached hydrogens (tertiary/aromatic N) is 1. The number of hydrogen-bond donors (Lipinski definition) is 0. The van der Waals surface area contributed by atoms with Crippen LogP contribution in [-0.2, 0) is 14.6 Å². The Morgan fingerprint density at radius 1 is 1.05 bits per heavy atom. The lowest BCUT2D eigenvalue weighted by atomic mass is 9.92. The smallest absolute Gasteiger partial charge is 0.335 e. The molecule has 1 aliphatic heterocycles. The second-order valence-corrected chi connectivity index (χ2v) is 8.17. The van der Waals surface area contributed by atoms with Gasteiger partial charge < -0.3 is 4.90 Å². The van der Waals surface area contributed by atoms with E-state index in [2.05, 4.69) is 0 Å². The van der Waals surface area contributed by atoms with Gasteiger partial charge in [0.05, 0.1) is 11.5 Å². The first kappa shape index (κ1) is 16.6. The first-order valence-electron chi connectivity index (χ1n) is 7.26. The molecule has 1 atom stereocenters. The van der Waals surface area contributed by atoms with Gasteiger partial charge in [-0.25, -0.2) is 8.42 Å². The maximum Gasteiger partial charge on any atom is 0.397 e. The molecule has 0 aromatic heterocycles. The third-order valence-electron chi connectivity index (χ3n) is 4.21. The lowest BCUT2D eigenvalue weighted by Gasteiger charge is -2.38. The second-order valence-electron chi connectivity index (χ2n) is 5.94. The van der Waals surface area contributed by atoms with E-state index < -0.39 is 34.4 Å². The molecule has 21 heavy (non-hydrogen) atoms. The van der Waals surface area contributed by atoms with Crippen LogP contribution in [0.5, 0.6) is 0 Å². The van der Waals surface area contributed by atoms with Crippen molar-refractivity contribution in [1.29, 1.82) is 0 Å². The Kier molecular flexibility index (Phi) is 4.85. The van der Waals surface area contributed by atoms with E-state index in [1.807, 2.05) is 0 Å². The van der Waals surface area contributed by atoms with Crippen molar-refractivity contribution in [2.45, 2.75) is 63.2 Å². The Bertz CT molecular complexity index is 483. The SMILES string of the molecule is O=C(CC(F)(F)F)N(C1CCCCC1)[C@H]1CCS(=O)(=O)C1. The number of halogens is 3. The molecule has 0 spiro atoms. The fourth-order valence-corrected chi connectivity index (χ4v) is 5.03. The van der Waals surface area contributed by atoms with Gasteiger partial charge >= 0.3 is 6.18 Å². The van der Waals surface area contributed by atoms with E-state index in [1.165, 1.54) is 4.90 Å². The van der Waals surface area contributed by atoms with Crippen LogP contribution >= 0.6 is 0 Å². The maximum absolute atomic E-state index is 12.5. The molecule has 4 nitrogen and oxygen atoms in total. The zero-order valence-electron chi connectivity index (χ0n) is 11.7. The van der Waals surface area contributed by atoms with Crippen LogP contribution in [0.25, 0.3) is 0 Å². The summed E-state index contributed by atoms with van der Waals surface area (Å²) in [5.74, 6) is -1.22. The predicted molar refractivity (Wildman–Crippen MR) is 71.4 cm³/mol. The van der Waals surface area contributed by atoms with Gasteiger partial charge in [-0.05, 0) is 19.3 Å². The Morgan fingerprint density at radius 3 is 2.14 bits per heavy atom. The van der Waals surface area contributed by atoms with E-state index in [1.54, 1.807) is 0 Å². The molecular weight excluding hydrogens is 307 g/mol. The van der Waals surface area contributed by atoms with Crippen molar-refractivity contribution in [3.05, 3.63) is 0 Å². The van der Waals surface area contributed by atoms with Crippen molar-refractivity contribution < 1.29 is 26.4 Å². The number of hydrogen-bond acceptors (Lipinski definition) is 3. The van der Waals surface area contributed by atoms with Crippen LogP contribution in [-0.4, -0.2) is 49.0 Å². The van der Waals surface area contributed by atoms with Crippen molar-refractivity contribution in [3.8, 4) is 0 Å². The van der Waals surface area contributed by atoms with Gasteiger partial charge in [-0.15, -0.1) is 0 Å². The number of carbonyl (C=O) groups is 1. The van der Waals surface area contributed by atoms with Gasteiger partial charge in [0.15, 0.2) is 9.84 Å². The van der Waals surface area contributed by atoms with Crippen LogP contribution in [0, 0.1) is 0 Å². The highest BCUT2D eigenvalue weighted by Crippen LogP contribution is 2.31. The van der Waals surface area contributed by atoms with E-state index in [9.17, 15) is 26.4 Å². The highest BCUT2D eigenvalue weighted by molar-refractivity contribution is 7.91. The molecule has 1 saturated heterocycles. The highest BCUT2D eigenvalue weighted by Gasteiger charge is 2.42. The van der Waals surface area contributed by atoms with Crippen molar-refractivity contribution in [2.75, 3.05) is 11.5 Å². The minimum atomic E-state index is -4.55. The molecule has 1 amide bonds. The molecule has 0 radical (unpaired) electrons. The summed E-state index contributed by atoms with van der Waals surface area (Å²) in [5, 5.41) is 0. The van der Waals surface area contributed by atoms with Crippen LogP contribution in [0.2, 0.25) is 0 Å². The predicted octanol–water partition coefficient (Wildman–Crippen LogP) is 2.29. The number of sulfone groups is 1. The highest BCUT2D eigenvalue weighted by atomic mass is 32.2. The van der Waals surface area contributed by atoms with E-state index in [4.69, 9.17) is 0 Å². The maximum atomic E-state index is 12.5. The molecule has 0 aromatic rings. The standard InChI is InChI=1S/C13H20F3NO3S/c14-13(15,16)8-12(18)17(10-4-2-1-3-5-10)11-6-7-21(19,20)9-11/h10-11H,1-9H2/t11-/m0/s1. The molecule has 8 heteroatoms. The Balaban J connectivity index is 2.15. The van der Waals surface area contributed by atoms with E-state index >= 15 is 0 Å². The monoisotopic (exact) mass is 327 g/mol. The molecule has 0 bridgehead atoms. The fraction of sp³-hybridized carbons (Fsp3) is 0.923. The van der Waals surface area contributed by atoms with Crippen LogP contribution in [0.1, 0.15) is 44.9 Å². The van der Waals surface area contributed by atoms with Gasteiger partial charge in [-0.3, -0.25) is 4.79 Å². The van der Waals surface area contributed by atoms with Gasteiger partial charge in [0.25, 0.3) is 0 Å². The Morgan fingerprint density at radius 2 is 1.67 bits per heavy atom. The number of alkyl halides is 3. The van der Waals surface area contributed by atoms with Crippen LogP contribution < -0.4 is 0 Å². The third kappa shape index (κ3) is 4.59. The number of amides is 1. The van der Waals surface area contributed by atoms with Gasteiger partial charge in [-0.2, -0.15) is 13.2 Å². The summed E-state index contributed by atoms with van der Waals surface area (Å²) in [4.78, 5) is 13.3. The largest absolute Gasteiger partial charge is 0.397 e. The summed E-state index contributed by atoms with van der Waals surface area (Å²) in [7, 11) is -3.23. The molecule has 0 N–H and O–H groups in total. The summed E-state index contributed by atoms with van der Waals surface area (Å²) >= 11 is 0. The van der Waals surface area contributed by atoms with E-state index in [-0.39, 0.29) is 24.0 Å². The van der Waals surface area contributed by atoms with Crippen molar-refractivity contribution >= 4 is 15.7 Å². The summed E-state index contributed by atoms with van der Waals surface area (Å²) in [6, 6.07) is -0.833. The molecule has 122 valence electrons. The van der Waals surface area contributed by atoms with Crippen molar-refractivity contribution in [1.82, 2.24) is 4.90 Å². The minimum absolute atomic E-state index is 0.0415.